The predicted octanol–water partition coefficient (Wildman–Crippen LogP) is 4.47. The average molecular weight is 319 g/mol. The summed E-state index contributed by atoms with van der Waals surface area (Å²) in [6, 6.07) is 6.37. The molecular formula is C13H17BrClNO. The van der Waals surface area contributed by atoms with Crippen molar-refractivity contribution in [3.8, 4) is 0 Å². The number of ether oxygens (including phenoxy) is 1. The van der Waals surface area contributed by atoms with Crippen LogP contribution in [0.2, 0.25) is 5.02 Å². The van der Waals surface area contributed by atoms with E-state index in [0.29, 0.717) is 12.1 Å². The number of benzene rings is 1. The molecule has 4 heteroatoms. The molecule has 17 heavy (non-hydrogen) atoms. The molecule has 1 aromatic rings. The van der Waals surface area contributed by atoms with Crippen molar-refractivity contribution in [2.75, 3.05) is 12.4 Å². The molecule has 0 aromatic heterocycles. The Hall–Kier alpha value is -0.250. The Morgan fingerprint density at radius 1 is 1.41 bits per heavy atom. The Labute approximate surface area is 116 Å². The molecule has 2 unspecified atom stereocenters. The number of anilines is 1. The minimum absolute atomic E-state index is 0.388. The standard InChI is InChI=1S/C13H17BrClNO/c1-17-10-5-2-4-9(8-10)16-12-7-3-6-11(15)13(12)14/h3,6-7,9-10,16H,2,4-5,8H2,1H3. The monoisotopic (exact) mass is 317 g/mol. The molecule has 2 atom stereocenters. The van der Waals surface area contributed by atoms with Crippen LogP contribution in [-0.2, 0) is 4.74 Å². The topological polar surface area (TPSA) is 21.3 Å². The zero-order chi connectivity index (χ0) is 12.3. The molecule has 1 aliphatic rings. The minimum Gasteiger partial charge on any atom is -0.381 e. The van der Waals surface area contributed by atoms with Crippen molar-refractivity contribution in [2.45, 2.75) is 37.8 Å². The Kier molecular flexibility index (Phi) is 4.71. The second kappa shape index (κ2) is 6.07. The SMILES string of the molecule is COC1CCCC(Nc2cccc(Cl)c2Br)C1. The molecule has 0 heterocycles. The van der Waals surface area contributed by atoms with Crippen LogP contribution < -0.4 is 5.32 Å². The molecular weight excluding hydrogens is 302 g/mol. The number of nitrogens with one attached hydrogen (secondary N) is 1. The molecule has 1 saturated carbocycles. The Balaban J connectivity index is 2.02. The third kappa shape index (κ3) is 3.36. The van der Waals surface area contributed by atoms with E-state index in [0.717, 1.165) is 21.6 Å². The summed E-state index contributed by atoms with van der Waals surface area (Å²) in [6.07, 6.45) is 5.04. The first-order valence-electron chi connectivity index (χ1n) is 5.94. The van der Waals surface area contributed by atoms with Crippen molar-refractivity contribution in [2.24, 2.45) is 0 Å². The molecule has 1 aliphatic carbocycles. The maximum Gasteiger partial charge on any atom is 0.0593 e. The first kappa shape index (κ1) is 13.2. The number of halogens is 2. The highest BCUT2D eigenvalue weighted by molar-refractivity contribution is 9.10. The van der Waals surface area contributed by atoms with Crippen molar-refractivity contribution in [1.29, 1.82) is 0 Å². The molecule has 0 saturated heterocycles. The van der Waals surface area contributed by atoms with Crippen LogP contribution in [0.1, 0.15) is 25.7 Å². The molecule has 1 N–H and O–H groups in total. The zero-order valence-electron chi connectivity index (χ0n) is 9.88. The van der Waals surface area contributed by atoms with Crippen LogP contribution in [0.25, 0.3) is 0 Å². The molecule has 2 rings (SSSR count). The van der Waals surface area contributed by atoms with Gasteiger partial charge in [0.15, 0.2) is 0 Å². The first-order valence-corrected chi connectivity index (χ1v) is 7.11. The lowest BCUT2D eigenvalue weighted by molar-refractivity contribution is 0.0669. The summed E-state index contributed by atoms with van der Waals surface area (Å²) in [5.74, 6) is 0. The van der Waals surface area contributed by atoms with E-state index in [1.807, 2.05) is 18.2 Å². The van der Waals surface area contributed by atoms with Gasteiger partial charge in [-0.2, -0.15) is 0 Å². The van der Waals surface area contributed by atoms with Crippen molar-refractivity contribution in [3.63, 3.8) is 0 Å². The second-order valence-corrected chi connectivity index (χ2v) is 5.67. The van der Waals surface area contributed by atoms with E-state index in [1.54, 1.807) is 7.11 Å². The second-order valence-electron chi connectivity index (χ2n) is 4.47. The Morgan fingerprint density at radius 2 is 2.24 bits per heavy atom. The van der Waals surface area contributed by atoms with Gasteiger partial charge in [-0.15, -0.1) is 0 Å². The lowest BCUT2D eigenvalue weighted by Crippen LogP contribution is -2.31. The molecule has 0 bridgehead atoms. The summed E-state index contributed by atoms with van der Waals surface area (Å²) in [6.45, 7) is 0. The lowest BCUT2D eigenvalue weighted by atomic mass is 9.92. The average Bonchev–Trinajstić information content (AvgIpc) is 2.35. The van der Waals surface area contributed by atoms with Gasteiger partial charge in [0, 0.05) is 13.2 Å². The number of hydrogen-bond donors (Lipinski definition) is 1. The van der Waals surface area contributed by atoms with Crippen LogP contribution in [0.4, 0.5) is 5.69 Å². The van der Waals surface area contributed by atoms with Gasteiger partial charge < -0.3 is 10.1 Å². The van der Waals surface area contributed by atoms with Gasteiger partial charge in [-0.05, 0) is 53.7 Å². The van der Waals surface area contributed by atoms with Crippen molar-refractivity contribution in [1.82, 2.24) is 0 Å². The maximum absolute atomic E-state index is 6.08. The van der Waals surface area contributed by atoms with E-state index < -0.39 is 0 Å². The van der Waals surface area contributed by atoms with E-state index in [4.69, 9.17) is 16.3 Å². The van der Waals surface area contributed by atoms with Gasteiger partial charge in [-0.3, -0.25) is 0 Å². The van der Waals surface area contributed by atoms with Gasteiger partial charge in [-0.25, -0.2) is 0 Å². The van der Waals surface area contributed by atoms with Gasteiger partial charge >= 0.3 is 0 Å². The largest absolute Gasteiger partial charge is 0.381 e. The third-order valence-electron chi connectivity index (χ3n) is 3.27. The van der Waals surface area contributed by atoms with Gasteiger partial charge in [0.05, 0.1) is 21.3 Å². The maximum atomic E-state index is 6.08. The predicted molar refractivity (Wildman–Crippen MR) is 75.8 cm³/mol. The first-order chi connectivity index (χ1) is 8.20. The van der Waals surface area contributed by atoms with Crippen LogP contribution in [-0.4, -0.2) is 19.3 Å². The molecule has 1 fully saturated rings. The highest BCUT2D eigenvalue weighted by Crippen LogP contribution is 2.32. The molecule has 0 amide bonds. The fraction of sp³-hybridized carbons (Fsp3) is 0.538. The number of methoxy groups -OCH3 is 1. The summed E-state index contributed by atoms with van der Waals surface area (Å²) in [5, 5.41) is 4.29. The van der Waals surface area contributed by atoms with Gasteiger partial charge in [0.2, 0.25) is 0 Å². The smallest absolute Gasteiger partial charge is 0.0593 e. The molecule has 0 spiro atoms. The molecule has 0 radical (unpaired) electrons. The summed E-state index contributed by atoms with van der Waals surface area (Å²) < 4.78 is 6.38. The van der Waals surface area contributed by atoms with Crippen LogP contribution in [0.15, 0.2) is 22.7 Å². The van der Waals surface area contributed by atoms with Crippen LogP contribution in [0, 0.1) is 0 Å². The Morgan fingerprint density at radius 3 is 3.00 bits per heavy atom. The summed E-state index contributed by atoms with van der Waals surface area (Å²) >= 11 is 9.59. The normalized spacial score (nSPS) is 24.6. The van der Waals surface area contributed by atoms with E-state index in [1.165, 1.54) is 19.3 Å². The molecule has 2 nitrogen and oxygen atoms in total. The van der Waals surface area contributed by atoms with Crippen molar-refractivity contribution in [3.05, 3.63) is 27.7 Å². The summed E-state index contributed by atoms with van der Waals surface area (Å²) in [5.41, 5.74) is 1.07. The minimum atomic E-state index is 0.388. The summed E-state index contributed by atoms with van der Waals surface area (Å²) in [7, 11) is 1.79. The van der Waals surface area contributed by atoms with E-state index in [2.05, 4.69) is 21.2 Å². The lowest BCUT2D eigenvalue weighted by Gasteiger charge is -2.29. The Bertz CT molecular complexity index is 386. The van der Waals surface area contributed by atoms with Crippen LogP contribution >= 0.6 is 27.5 Å². The van der Waals surface area contributed by atoms with E-state index >= 15 is 0 Å². The summed E-state index contributed by atoms with van der Waals surface area (Å²) in [4.78, 5) is 0. The fourth-order valence-electron chi connectivity index (χ4n) is 2.33. The number of hydrogen-bond acceptors (Lipinski definition) is 2. The van der Waals surface area contributed by atoms with Gasteiger partial charge in [0.25, 0.3) is 0 Å². The molecule has 1 aromatic carbocycles. The molecule has 94 valence electrons. The fourth-order valence-corrected chi connectivity index (χ4v) is 2.88. The van der Waals surface area contributed by atoms with Gasteiger partial charge in [0.1, 0.15) is 0 Å². The third-order valence-corrected chi connectivity index (χ3v) is 4.67. The van der Waals surface area contributed by atoms with Crippen molar-refractivity contribution >= 4 is 33.2 Å². The van der Waals surface area contributed by atoms with Crippen LogP contribution in [0.5, 0.6) is 0 Å². The van der Waals surface area contributed by atoms with E-state index in [9.17, 15) is 0 Å². The number of rotatable bonds is 3. The zero-order valence-corrected chi connectivity index (χ0v) is 12.2. The molecule has 0 aliphatic heterocycles. The quantitative estimate of drug-likeness (QED) is 0.887. The highest BCUT2D eigenvalue weighted by atomic mass is 79.9. The van der Waals surface area contributed by atoms with Crippen LogP contribution in [0.3, 0.4) is 0 Å². The highest BCUT2D eigenvalue weighted by Gasteiger charge is 2.22. The van der Waals surface area contributed by atoms with Crippen molar-refractivity contribution < 1.29 is 4.74 Å². The van der Waals surface area contributed by atoms with E-state index in [-0.39, 0.29) is 0 Å². The van der Waals surface area contributed by atoms with Gasteiger partial charge in [-0.1, -0.05) is 17.7 Å².